The molecule has 2 heterocycles. The highest BCUT2D eigenvalue weighted by molar-refractivity contribution is 6.06. The van der Waals surface area contributed by atoms with Gasteiger partial charge in [0.15, 0.2) is 0 Å². The number of carbonyl (C=O) groups excluding carboxylic acids is 2. The van der Waals surface area contributed by atoms with Gasteiger partial charge in [-0.2, -0.15) is 9.78 Å². The van der Waals surface area contributed by atoms with Crippen LogP contribution in [-0.2, 0) is 16.1 Å². The van der Waals surface area contributed by atoms with Gasteiger partial charge in [-0.25, -0.2) is 14.0 Å². The molecule has 1 aliphatic rings. The molecule has 0 saturated heterocycles. The van der Waals surface area contributed by atoms with Gasteiger partial charge in [0.2, 0.25) is 0 Å². The maximum Gasteiger partial charge on any atom is 0.352 e. The Kier molecular flexibility index (Phi) is 8.02. The lowest BCUT2D eigenvalue weighted by molar-refractivity contribution is -0.113. The number of aliphatic hydroxyl groups excluding tert-OH is 1. The van der Waals surface area contributed by atoms with Crippen LogP contribution in [0.3, 0.4) is 0 Å². The van der Waals surface area contributed by atoms with Crippen LogP contribution in [0.25, 0.3) is 5.69 Å². The number of anilines is 1. The third-order valence-electron chi connectivity index (χ3n) is 6.13. The van der Waals surface area contributed by atoms with Gasteiger partial charge in [0.1, 0.15) is 12.0 Å². The number of rotatable bonds is 8. The van der Waals surface area contributed by atoms with Crippen molar-refractivity contribution in [2.45, 2.75) is 25.6 Å². The largest absolute Gasteiger partial charge is 0.389 e. The van der Waals surface area contributed by atoms with Crippen molar-refractivity contribution in [3.63, 3.8) is 0 Å². The van der Waals surface area contributed by atoms with Crippen LogP contribution in [0, 0.1) is 12.7 Å². The number of ether oxygens (including phenoxy) is 1. The Morgan fingerprint density at radius 2 is 1.92 bits per heavy atom. The lowest BCUT2D eigenvalue weighted by Crippen LogP contribution is -2.44. The molecule has 0 spiro atoms. The van der Waals surface area contributed by atoms with E-state index in [9.17, 15) is 28.7 Å². The van der Waals surface area contributed by atoms with Crippen molar-refractivity contribution in [3.05, 3.63) is 98.2 Å². The third kappa shape index (κ3) is 5.94. The van der Waals surface area contributed by atoms with E-state index in [0.717, 1.165) is 15.4 Å². The minimum Gasteiger partial charge on any atom is -0.389 e. The fourth-order valence-corrected chi connectivity index (χ4v) is 4.06. The normalized spacial score (nSPS) is 15.9. The average molecular weight is 539 g/mol. The van der Waals surface area contributed by atoms with E-state index in [0.29, 0.717) is 16.8 Å². The quantitative estimate of drug-likeness (QED) is 0.389. The molecule has 2 aromatic carbocycles. The van der Waals surface area contributed by atoms with Gasteiger partial charge in [0.25, 0.3) is 11.5 Å². The summed E-state index contributed by atoms with van der Waals surface area (Å²) in [5, 5.41) is 19.5. The molecule has 204 valence electrons. The second-order valence-electron chi connectivity index (χ2n) is 8.98. The molecule has 12 nitrogen and oxygen atoms in total. The predicted octanol–water partition coefficient (Wildman–Crippen LogP) is 1.07. The molecule has 0 saturated carbocycles. The summed E-state index contributed by atoms with van der Waals surface area (Å²) < 4.78 is 20.2. The molecule has 0 bridgehead atoms. The summed E-state index contributed by atoms with van der Waals surface area (Å²) in [6, 6.07) is 8.94. The Hall–Kier alpha value is -4.62. The second kappa shape index (κ2) is 11.4. The fourth-order valence-electron chi connectivity index (χ4n) is 4.06. The number of halogens is 1. The number of methoxy groups -OCH3 is 1. The molecule has 39 heavy (non-hydrogen) atoms. The van der Waals surface area contributed by atoms with Gasteiger partial charge in [-0.05, 0) is 42.3 Å². The number of amides is 3. The van der Waals surface area contributed by atoms with Crippen LogP contribution >= 0.6 is 0 Å². The standard InChI is InChI=1S/C26H27FN6O6/c1-15-4-9-18(33-26(38)32(22(35)11-28-33)12-19(34)14-39-3)10-21(15)29-24(36)20-13-31(2)25(37)30-23(20)16-5-7-17(27)8-6-16/h4-11,13,19,23,34H,12,14H2,1-3H3,(H,29,36)(H,30,37)/t19-,23+/m1/s1. The number of aliphatic hydroxyl groups is 1. The van der Waals surface area contributed by atoms with Crippen molar-refractivity contribution in [3.8, 4) is 5.69 Å². The van der Waals surface area contributed by atoms with Gasteiger partial charge in [0, 0.05) is 26.0 Å². The first-order valence-electron chi connectivity index (χ1n) is 11.9. The molecule has 4 rings (SSSR count). The van der Waals surface area contributed by atoms with E-state index in [1.807, 2.05) is 0 Å². The van der Waals surface area contributed by atoms with Crippen molar-refractivity contribution in [1.29, 1.82) is 0 Å². The lowest BCUT2D eigenvalue weighted by Gasteiger charge is -2.30. The molecular weight excluding hydrogens is 511 g/mol. The number of hydrogen-bond acceptors (Lipinski definition) is 7. The maximum absolute atomic E-state index is 13.5. The molecule has 3 aromatic rings. The first kappa shape index (κ1) is 27.4. The maximum atomic E-state index is 13.5. The molecule has 0 fully saturated rings. The highest BCUT2D eigenvalue weighted by Crippen LogP contribution is 2.28. The molecule has 0 radical (unpaired) electrons. The van der Waals surface area contributed by atoms with Crippen molar-refractivity contribution >= 4 is 17.6 Å². The molecule has 2 atom stereocenters. The van der Waals surface area contributed by atoms with E-state index in [-0.39, 0.29) is 24.4 Å². The summed E-state index contributed by atoms with van der Waals surface area (Å²) >= 11 is 0. The van der Waals surface area contributed by atoms with Gasteiger partial charge in [-0.15, -0.1) is 0 Å². The third-order valence-corrected chi connectivity index (χ3v) is 6.13. The summed E-state index contributed by atoms with van der Waals surface area (Å²) in [7, 11) is 2.88. The molecular formula is C26H27FN6O6. The zero-order valence-corrected chi connectivity index (χ0v) is 21.4. The van der Waals surface area contributed by atoms with Gasteiger partial charge in [-0.3, -0.25) is 14.2 Å². The Labute approximate surface area is 221 Å². The molecule has 13 heteroatoms. The Morgan fingerprint density at radius 1 is 1.21 bits per heavy atom. The first-order valence-corrected chi connectivity index (χ1v) is 11.9. The van der Waals surface area contributed by atoms with Crippen molar-refractivity contribution in [1.82, 2.24) is 24.6 Å². The van der Waals surface area contributed by atoms with Gasteiger partial charge in [-0.1, -0.05) is 18.2 Å². The summed E-state index contributed by atoms with van der Waals surface area (Å²) in [6.07, 6.45) is 1.27. The van der Waals surface area contributed by atoms with Crippen molar-refractivity contribution in [2.24, 2.45) is 0 Å². The van der Waals surface area contributed by atoms with Crippen LogP contribution in [0.5, 0.6) is 0 Å². The number of urea groups is 1. The van der Waals surface area contributed by atoms with Crippen molar-refractivity contribution in [2.75, 3.05) is 26.1 Å². The number of aryl methyl sites for hydroxylation is 1. The monoisotopic (exact) mass is 538 g/mol. The van der Waals surface area contributed by atoms with Crippen LogP contribution in [-0.4, -0.2) is 63.2 Å². The fraction of sp³-hybridized carbons (Fsp3) is 0.269. The molecule has 0 aliphatic carbocycles. The molecule has 3 amide bonds. The van der Waals surface area contributed by atoms with Crippen LogP contribution in [0.2, 0.25) is 0 Å². The summed E-state index contributed by atoms with van der Waals surface area (Å²) in [5.41, 5.74) is 0.512. The zero-order valence-electron chi connectivity index (χ0n) is 21.4. The summed E-state index contributed by atoms with van der Waals surface area (Å²) in [4.78, 5) is 52.2. The van der Waals surface area contributed by atoms with E-state index in [2.05, 4.69) is 15.7 Å². The van der Waals surface area contributed by atoms with Gasteiger partial charge in [0.05, 0.1) is 36.6 Å². The Bertz CT molecular complexity index is 1550. The van der Waals surface area contributed by atoms with E-state index in [1.54, 1.807) is 19.1 Å². The van der Waals surface area contributed by atoms with E-state index < -0.39 is 41.2 Å². The van der Waals surface area contributed by atoms with Crippen LogP contribution in [0.1, 0.15) is 17.2 Å². The van der Waals surface area contributed by atoms with Crippen molar-refractivity contribution < 1.29 is 23.8 Å². The molecule has 3 N–H and O–H groups in total. The highest BCUT2D eigenvalue weighted by atomic mass is 19.1. The zero-order chi connectivity index (χ0) is 28.3. The number of nitrogens with one attached hydrogen (secondary N) is 2. The number of benzene rings is 2. The topological polar surface area (TPSA) is 148 Å². The van der Waals surface area contributed by atoms with Gasteiger partial charge >= 0.3 is 11.7 Å². The van der Waals surface area contributed by atoms with Crippen LogP contribution in [0.15, 0.2) is 70.0 Å². The number of nitrogens with zero attached hydrogens (tertiary/aromatic N) is 4. The first-order chi connectivity index (χ1) is 18.6. The Morgan fingerprint density at radius 3 is 2.62 bits per heavy atom. The SMILES string of the molecule is COC[C@H](O)Cn1c(=O)cnn(-c2ccc(C)c(NC(=O)C3=CN(C)C(=O)N[C@H]3c3ccc(F)cc3)c2)c1=O. The second-order valence-corrected chi connectivity index (χ2v) is 8.98. The predicted molar refractivity (Wildman–Crippen MR) is 139 cm³/mol. The molecule has 1 aliphatic heterocycles. The minimum atomic E-state index is -1.08. The summed E-state index contributed by atoms with van der Waals surface area (Å²) in [6.45, 7) is 1.39. The number of aromatic nitrogens is 3. The number of carbonyl (C=O) groups is 2. The Balaban J connectivity index is 1.66. The van der Waals surface area contributed by atoms with E-state index in [4.69, 9.17) is 4.74 Å². The smallest absolute Gasteiger partial charge is 0.352 e. The summed E-state index contributed by atoms with van der Waals surface area (Å²) in [5.74, 6) is -0.992. The van der Waals surface area contributed by atoms with Gasteiger partial charge < -0.3 is 25.4 Å². The van der Waals surface area contributed by atoms with E-state index >= 15 is 0 Å². The van der Waals surface area contributed by atoms with E-state index in [1.165, 1.54) is 55.6 Å². The lowest BCUT2D eigenvalue weighted by atomic mass is 9.97. The average Bonchev–Trinajstić information content (AvgIpc) is 2.90. The van der Waals surface area contributed by atoms with Crippen LogP contribution in [0.4, 0.5) is 14.9 Å². The van der Waals surface area contributed by atoms with Crippen LogP contribution < -0.4 is 21.9 Å². The minimum absolute atomic E-state index is 0.0701. The molecule has 0 unspecified atom stereocenters. The highest BCUT2D eigenvalue weighted by Gasteiger charge is 2.31. The molecule has 1 aromatic heterocycles. The number of hydrogen-bond donors (Lipinski definition) is 3.